The first-order valence-electron chi connectivity index (χ1n) is 7.29. The van der Waals surface area contributed by atoms with Crippen LogP contribution in [0.2, 0.25) is 0 Å². The molecule has 2 aromatic rings. The van der Waals surface area contributed by atoms with Gasteiger partial charge < -0.3 is 14.2 Å². The molecule has 6 nitrogen and oxygen atoms in total. The van der Waals surface area contributed by atoms with E-state index >= 15 is 0 Å². The number of nitrogens with one attached hydrogen (secondary N) is 1. The monoisotopic (exact) mass is 354 g/mol. The van der Waals surface area contributed by atoms with E-state index in [2.05, 4.69) is 43.3 Å². The summed E-state index contributed by atoms with van der Waals surface area (Å²) in [5.74, 6) is 1.65. The van der Waals surface area contributed by atoms with Gasteiger partial charge in [0, 0.05) is 12.6 Å². The van der Waals surface area contributed by atoms with E-state index in [-0.39, 0.29) is 0 Å². The molecule has 3 rings (SSSR count). The topological polar surface area (TPSA) is 67.3 Å². The normalized spacial score (nSPS) is 18.7. The molecule has 0 aliphatic carbocycles. The highest BCUT2D eigenvalue weighted by Gasteiger charge is 2.23. The zero-order chi connectivity index (χ0) is 14.7. The van der Waals surface area contributed by atoms with Gasteiger partial charge in [0.2, 0.25) is 5.89 Å². The molecular formula is C14H19BrN4O2. The molecule has 114 valence electrons. The molecule has 1 saturated heterocycles. The maximum absolute atomic E-state index is 5.72. The van der Waals surface area contributed by atoms with Gasteiger partial charge in [-0.3, -0.25) is 4.90 Å². The van der Waals surface area contributed by atoms with Crippen LogP contribution in [0.25, 0.3) is 11.7 Å². The van der Waals surface area contributed by atoms with E-state index in [0.29, 0.717) is 34.8 Å². The SMILES string of the molecule is CCCN(Cc1nnc(-c2ccc(Br)o2)o1)C1CCNC1. The minimum atomic E-state index is 0.427. The van der Waals surface area contributed by atoms with Gasteiger partial charge in [0.05, 0.1) is 6.54 Å². The lowest BCUT2D eigenvalue weighted by Crippen LogP contribution is -2.37. The Morgan fingerprint density at radius 3 is 2.95 bits per heavy atom. The van der Waals surface area contributed by atoms with Gasteiger partial charge in [-0.1, -0.05) is 6.92 Å². The second kappa shape index (κ2) is 6.72. The van der Waals surface area contributed by atoms with Crippen molar-refractivity contribution in [1.82, 2.24) is 20.4 Å². The fourth-order valence-electron chi connectivity index (χ4n) is 2.65. The molecule has 0 amide bonds. The van der Waals surface area contributed by atoms with Gasteiger partial charge in [0.15, 0.2) is 10.4 Å². The first-order chi connectivity index (χ1) is 10.3. The molecule has 1 fully saturated rings. The number of aromatic nitrogens is 2. The summed E-state index contributed by atoms with van der Waals surface area (Å²) in [6.45, 7) is 6.03. The van der Waals surface area contributed by atoms with Crippen molar-refractivity contribution in [3.05, 3.63) is 22.7 Å². The second-order valence-corrected chi connectivity index (χ2v) is 6.00. The van der Waals surface area contributed by atoms with Crippen LogP contribution in [0.4, 0.5) is 0 Å². The van der Waals surface area contributed by atoms with Crippen LogP contribution in [0, 0.1) is 0 Å². The summed E-state index contributed by atoms with van der Waals surface area (Å²) in [7, 11) is 0. The van der Waals surface area contributed by atoms with Crippen LogP contribution >= 0.6 is 15.9 Å². The van der Waals surface area contributed by atoms with E-state index in [1.807, 2.05) is 12.1 Å². The molecule has 0 bridgehead atoms. The largest absolute Gasteiger partial charge is 0.444 e. The van der Waals surface area contributed by atoms with E-state index in [0.717, 1.165) is 26.1 Å². The van der Waals surface area contributed by atoms with Crippen molar-refractivity contribution in [1.29, 1.82) is 0 Å². The number of rotatable bonds is 6. The molecule has 0 aromatic carbocycles. The fraction of sp³-hybridized carbons (Fsp3) is 0.571. The van der Waals surface area contributed by atoms with Crippen molar-refractivity contribution in [3.8, 4) is 11.7 Å². The Kier molecular flexibility index (Phi) is 4.72. The number of nitrogens with zero attached hydrogens (tertiary/aromatic N) is 3. The summed E-state index contributed by atoms with van der Waals surface area (Å²) >= 11 is 3.27. The molecule has 3 heterocycles. The van der Waals surface area contributed by atoms with Crippen LogP contribution < -0.4 is 5.32 Å². The molecule has 0 spiro atoms. The van der Waals surface area contributed by atoms with E-state index in [4.69, 9.17) is 8.83 Å². The molecular weight excluding hydrogens is 336 g/mol. The molecule has 0 radical (unpaired) electrons. The summed E-state index contributed by atoms with van der Waals surface area (Å²) in [6.07, 6.45) is 2.29. The van der Waals surface area contributed by atoms with E-state index in [1.165, 1.54) is 6.42 Å². The van der Waals surface area contributed by atoms with E-state index in [9.17, 15) is 0 Å². The van der Waals surface area contributed by atoms with Gasteiger partial charge in [-0.25, -0.2) is 0 Å². The molecule has 1 unspecified atom stereocenters. The Balaban J connectivity index is 1.69. The van der Waals surface area contributed by atoms with Gasteiger partial charge >= 0.3 is 0 Å². The lowest BCUT2D eigenvalue weighted by atomic mass is 10.2. The summed E-state index contributed by atoms with van der Waals surface area (Å²) in [5.41, 5.74) is 0. The Labute approximate surface area is 132 Å². The maximum Gasteiger partial charge on any atom is 0.283 e. The second-order valence-electron chi connectivity index (χ2n) is 5.22. The molecule has 1 aliphatic heterocycles. The maximum atomic E-state index is 5.72. The lowest BCUT2D eigenvalue weighted by Gasteiger charge is -2.26. The third-order valence-corrected chi connectivity index (χ3v) is 4.08. The minimum absolute atomic E-state index is 0.427. The zero-order valence-corrected chi connectivity index (χ0v) is 13.6. The number of furan rings is 1. The number of hydrogen-bond acceptors (Lipinski definition) is 6. The van der Waals surface area contributed by atoms with Gasteiger partial charge in [-0.15, -0.1) is 10.2 Å². The van der Waals surface area contributed by atoms with Crippen molar-refractivity contribution in [3.63, 3.8) is 0 Å². The average Bonchev–Trinajstić information content (AvgIpc) is 3.18. The van der Waals surface area contributed by atoms with Gasteiger partial charge in [-0.05, 0) is 54.0 Å². The lowest BCUT2D eigenvalue weighted by molar-refractivity contribution is 0.181. The van der Waals surface area contributed by atoms with Crippen LogP contribution in [-0.4, -0.2) is 40.8 Å². The number of halogens is 1. The van der Waals surface area contributed by atoms with Crippen molar-refractivity contribution in [2.24, 2.45) is 0 Å². The fourth-order valence-corrected chi connectivity index (χ4v) is 2.96. The standard InChI is InChI=1S/C14H19BrN4O2/c1-2-7-19(10-5-6-16-8-10)9-13-17-18-14(21-13)11-3-4-12(15)20-11/h3-4,10,16H,2,5-9H2,1H3. The first kappa shape index (κ1) is 14.7. The van der Waals surface area contributed by atoms with Gasteiger partial charge in [0.1, 0.15) is 0 Å². The Bertz CT molecular complexity index is 577. The summed E-state index contributed by atoms with van der Waals surface area (Å²) in [6, 6.07) is 4.18. The zero-order valence-electron chi connectivity index (χ0n) is 12.0. The quantitative estimate of drug-likeness (QED) is 0.859. The third-order valence-electron chi connectivity index (χ3n) is 3.65. The van der Waals surface area contributed by atoms with Crippen LogP contribution in [0.1, 0.15) is 25.7 Å². The summed E-state index contributed by atoms with van der Waals surface area (Å²) in [5, 5.41) is 11.6. The average molecular weight is 355 g/mol. The first-order valence-corrected chi connectivity index (χ1v) is 8.08. The van der Waals surface area contributed by atoms with Crippen molar-refractivity contribution >= 4 is 15.9 Å². The highest BCUT2D eigenvalue weighted by atomic mass is 79.9. The van der Waals surface area contributed by atoms with Crippen LogP contribution in [0.15, 0.2) is 25.6 Å². The van der Waals surface area contributed by atoms with Crippen molar-refractivity contribution < 1.29 is 8.83 Å². The Morgan fingerprint density at radius 2 is 2.29 bits per heavy atom. The molecule has 2 aromatic heterocycles. The highest BCUT2D eigenvalue weighted by molar-refractivity contribution is 9.10. The smallest absolute Gasteiger partial charge is 0.283 e. The van der Waals surface area contributed by atoms with Gasteiger partial charge in [0.25, 0.3) is 5.89 Å². The Hall–Kier alpha value is -1.18. The predicted molar refractivity (Wildman–Crippen MR) is 81.7 cm³/mol. The predicted octanol–water partition coefficient (Wildman–Crippen LogP) is 2.67. The number of hydrogen-bond donors (Lipinski definition) is 1. The minimum Gasteiger partial charge on any atom is -0.444 e. The molecule has 7 heteroatoms. The molecule has 1 atom stereocenters. The van der Waals surface area contributed by atoms with Gasteiger partial charge in [-0.2, -0.15) is 0 Å². The van der Waals surface area contributed by atoms with Crippen molar-refractivity contribution in [2.75, 3.05) is 19.6 Å². The van der Waals surface area contributed by atoms with E-state index in [1.54, 1.807) is 0 Å². The molecule has 1 aliphatic rings. The third kappa shape index (κ3) is 3.53. The van der Waals surface area contributed by atoms with Crippen LogP contribution in [-0.2, 0) is 6.54 Å². The van der Waals surface area contributed by atoms with Crippen LogP contribution in [0.5, 0.6) is 0 Å². The molecule has 0 saturated carbocycles. The highest BCUT2D eigenvalue weighted by Crippen LogP contribution is 2.24. The summed E-state index contributed by atoms with van der Waals surface area (Å²) in [4.78, 5) is 2.41. The Morgan fingerprint density at radius 1 is 1.38 bits per heavy atom. The molecule has 1 N–H and O–H groups in total. The van der Waals surface area contributed by atoms with E-state index < -0.39 is 0 Å². The summed E-state index contributed by atoms with van der Waals surface area (Å²) < 4.78 is 11.8. The molecule has 21 heavy (non-hydrogen) atoms. The van der Waals surface area contributed by atoms with Crippen molar-refractivity contribution in [2.45, 2.75) is 32.4 Å². The van der Waals surface area contributed by atoms with Crippen LogP contribution in [0.3, 0.4) is 0 Å².